The van der Waals surface area contributed by atoms with Gasteiger partial charge in [-0.15, -0.1) is 0 Å². The fourth-order valence-electron chi connectivity index (χ4n) is 0.787. The number of aromatic nitrogens is 1. The Morgan fingerprint density at radius 1 is 1.75 bits per heavy atom. The van der Waals surface area contributed by atoms with Crippen LogP contribution in [0.25, 0.3) is 0 Å². The molecule has 0 saturated heterocycles. The number of carbonyl (C=O) groups is 1. The van der Waals surface area contributed by atoms with Crippen molar-refractivity contribution >= 4 is 17.6 Å². The Balaban J connectivity index is 3.02. The summed E-state index contributed by atoms with van der Waals surface area (Å²) in [7, 11) is 0. The minimum Gasteiger partial charge on any atom is -0.480 e. The quantitative estimate of drug-likeness (QED) is 0.714. The third-order valence-electron chi connectivity index (χ3n) is 1.30. The molecular weight excluding hydrogens is 180 g/mol. The molecule has 0 radical (unpaired) electrons. The summed E-state index contributed by atoms with van der Waals surface area (Å²) in [6.07, 6.45) is 1.47. The number of hydrogen-bond donors (Lipinski definition) is 2. The topological polar surface area (TPSA) is 66.1 Å². The van der Waals surface area contributed by atoms with E-state index in [0.29, 0.717) is 5.02 Å². The number of nitrogens with one attached hydrogen (secondary N) is 1. The molecule has 0 atom stereocenters. The van der Waals surface area contributed by atoms with Crippen molar-refractivity contribution in [1.29, 1.82) is 5.41 Å². The number of carboxylic acids is 1. The van der Waals surface area contributed by atoms with Gasteiger partial charge < -0.3 is 9.67 Å². The molecule has 0 aliphatic rings. The van der Waals surface area contributed by atoms with Gasteiger partial charge in [-0.1, -0.05) is 11.6 Å². The van der Waals surface area contributed by atoms with Crippen molar-refractivity contribution < 1.29 is 9.90 Å². The molecule has 1 aromatic heterocycles. The van der Waals surface area contributed by atoms with Gasteiger partial charge in [0.15, 0.2) is 0 Å². The predicted octanol–water partition coefficient (Wildman–Crippen LogP) is 0.706. The van der Waals surface area contributed by atoms with Crippen LogP contribution in [0.5, 0.6) is 0 Å². The molecular formula is C7H7ClN2O2. The molecule has 0 aliphatic heterocycles. The Morgan fingerprint density at radius 2 is 2.42 bits per heavy atom. The van der Waals surface area contributed by atoms with E-state index in [9.17, 15) is 4.79 Å². The molecule has 2 N–H and O–H groups in total. The van der Waals surface area contributed by atoms with Gasteiger partial charge in [-0.2, -0.15) is 0 Å². The van der Waals surface area contributed by atoms with Crippen LogP contribution in [0.15, 0.2) is 18.3 Å². The minimum absolute atomic E-state index is 0.0879. The maximum absolute atomic E-state index is 10.3. The van der Waals surface area contributed by atoms with Crippen LogP contribution in [0.4, 0.5) is 0 Å². The highest BCUT2D eigenvalue weighted by molar-refractivity contribution is 6.30. The van der Waals surface area contributed by atoms with E-state index >= 15 is 0 Å². The maximum Gasteiger partial charge on any atom is 0.323 e. The highest BCUT2D eigenvalue weighted by Crippen LogP contribution is 2.01. The van der Waals surface area contributed by atoms with Gasteiger partial charge in [-0.05, 0) is 12.1 Å². The van der Waals surface area contributed by atoms with Crippen LogP contribution in [0.1, 0.15) is 0 Å². The van der Waals surface area contributed by atoms with Crippen molar-refractivity contribution in [1.82, 2.24) is 4.57 Å². The average molecular weight is 187 g/mol. The highest BCUT2D eigenvalue weighted by Gasteiger charge is 1.98. The summed E-state index contributed by atoms with van der Waals surface area (Å²) in [5.41, 5.74) is 0.0879. The number of aliphatic carboxylic acids is 1. The van der Waals surface area contributed by atoms with Crippen molar-refractivity contribution in [2.24, 2.45) is 0 Å². The smallest absolute Gasteiger partial charge is 0.323 e. The molecule has 1 rings (SSSR count). The van der Waals surface area contributed by atoms with Crippen LogP contribution in [-0.2, 0) is 11.3 Å². The summed E-state index contributed by atoms with van der Waals surface area (Å²) in [4.78, 5) is 10.3. The second kappa shape index (κ2) is 3.40. The molecule has 0 amide bonds. The first kappa shape index (κ1) is 8.80. The van der Waals surface area contributed by atoms with E-state index in [1.807, 2.05) is 0 Å². The van der Waals surface area contributed by atoms with Crippen molar-refractivity contribution in [2.75, 3.05) is 0 Å². The lowest BCUT2D eigenvalue weighted by atomic mass is 10.4. The Hall–Kier alpha value is -1.29. The summed E-state index contributed by atoms with van der Waals surface area (Å²) < 4.78 is 1.29. The van der Waals surface area contributed by atoms with Crippen molar-refractivity contribution in [3.63, 3.8) is 0 Å². The fraction of sp³-hybridized carbons (Fsp3) is 0.143. The predicted molar refractivity (Wildman–Crippen MR) is 42.9 cm³/mol. The summed E-state index contributed by atoms with van der Waals surface area (Å²) >= 11 is 5.57. The van der Waals surface area contributed by atoms with Crippen LogP contribution in [-0.4, -0.2) is 15.6 Å². The number of hydrogen-bond acceptors (Lipinski definition) is 2. The first-order valence-corrected chi connectivity index (χ1v) is 3.60. The van der Waals surface area contributed by atoms with Gasteiger partial charge in [-0.25, -0.2) is 0 Å². The maximum atomic E-state index is 10.3. The standard InChI is InChI=1S/C7H7ClN2O2/c8-5-1-2-10(4-7(11)12)6(9)3-5/h1-3,9H,4H2,(H,11,12). The number of pyridine rings is 1. The zero-order valence-corrected chi connectivity index (χ0v) is 6.88. The lowest BCUT2D eigenvalue weighted by Crippen LogP contribution is -2.22. The molecule has 0 spiro atoms. The van der Waals surface area contributed by atoms with Gasteiger partial charge in [0.25, 0.3) is 0 Å². The van der Waals surface area contributed by atoms with E-state index in [-0.39, 0.29) is 12.0 Å². The number of nitrogens with zero attached hydrogens (tertiary/aromatic N) is 1. The van der Waals surface area contributed by atoms with E-state index in [4.69, 9.17) is 22.1 Å². The van der Waals surface area contributed by atoms with Crippen molar-refractivity contribution in [3.05, 3.63) is 28.8 Å². The molecule has 1 aromatic rings. The summed E-state index contributed by atoms with van der Waals surface area (Å²) in [5.74, 6) is -0.976. The Morgan fingerprint density at radius 3 is 2.92 bits per heavy atom. The third kappa shape index (κ3) is 2.10. The lowest BCUT2D eigenvalue weighted by Gasteiger charge is -2.01. The van der Waals surface area contributed by atoms with Gasteiger partial charge >= 0.3 is 5.97 Å². The van der Waals surface area contributed by atoms with Crippen molar-refractivity contribution in [2.45, 2.75) is 6.54 Å². The molecule has 0 aliphatic carbocycles. The molecule has 0 unspecified atom stereocenters. The van der Waals surface area contributed by atoms with Gasteiger partial charge in [0.1, 0.15) is 12.0 Å². The second-order valence-electron chi connectivity index (χ2n) is 2.25. The molecule has 0 saturated carbocycles. The fourth-order valence-corrected chi connectivity index (χ4v) is 0.946. The van der Waals surface area contributed by atoms with E-state index in [1.165, 1.54) is 16.8 Å². The molecule has 12 heavy (non-hydrogen) atoms. The summed E-state index contributed by atoms with van der Waals surface area (Å²) in [5, 5.41) is 16.2. The van der Waals surface area contributed by atoms with E-state index in [0.717, 1.165) is 0 Å². The van der Waals surface area contributed by atoms with E-state index < -0.39 is 5.97 Å². The van der Waals surface area contributed by atoms with Crippen LogP contribution in [0.2, 0.25) is 5.02 Å². The lowest BCUT2D eigenvalue weighted by molar-refractivity contribution is -0.137. The average Bonchev–Trinajstić information content (AvgIpc) is 1.94. The largest absolute Gasteiger partial charge is 0.480 e. The van der Waals surface area contributed by atoms with Gasteiger partial charge in [0.05, 0.1) is 0 Å². The molecule has 0 bridgehead atoms. The Kier molecular flexibility index (Phi) is 2.50. The van der Waals surface area contributed by atoms with Crippen LogP contribution >= 0.6 is 11.6 Å². The highest BCUT2D eigenvalue weighted by atomic mass is 35.5. The zero-order chi connectivity index (χ0) is 9.14. The Bertz CT molecular complexity index is 359. The van der Waals surface area contributed by atoms with E-state index in [1.54, 1.807) is 6.07 Å². The Labute approximate surface area is 73.5 Å². The number of rotatable bonds is 2. The molecule has 5 heteroatoms. The van der Waals surface area contributed by atoms with Gasteiger partial charge in [-0.3, -0.25) is 10.2 Å². The first-order valence-electron chi connectivity index (χ1n) is 3.22. The normalized spacial score (nSPS) is 9.75. The number of carboxylic acid groups (broad SMARTS) is 1. The summed E-state index contributed by atoms with van der Waals surface area (Å²) in [6.45, 7) is -0.212. The van der Waals surface area contributed by atoms with Gasteiger partial charge in [0, 0.05) is 11.2 Å². The summed E-state index contributed by atoms with van der Waals surface area (Å²) in [6, 6.07) is 2.94. The second-order valence-corrected chi connectivity index (χ2v) is 2.69. The van der Waals surface area contributed by atoms with E-state index in [2.05, 4.69) is 0 Å². The SMILES string of the molecule is N=c1cc(Cl)ccn1CC(=O)O. The first-order chi connectivity index (χ1) is 5.59. The number of halogens is 1. The molecule has 4 nitrogen and oxygen atoms in total. The molecule has 0 aromatic carbocycles. The van der Waals surface area contributed by atoms with Crippen LogP contribution in [0, 0.1) is 5.41 Å². The third-order valence-corrected chi connectivity index (χ3v) is 1.54. The minimum atomic E-state index is -0.976. The zero-order valence-electron chi connectivity index (χ0n) is 6.12. The van der Waals surface area contributed by atoms with Crippen LogP contribution < -0.4 is 5.49 Å². The molecule has 1 heterocycles. The molecule has 64 valence electrons. The monoisotopic (exact) mass is 186 g/mol. The van der Waals surface area contributed by atoms with Crippen molar-refractivity contribution in [3.8, 4) is 0 Å². The molecule has 0 fully saturated rings. The van der Waals surface area contributed by atoms with Crippen LogP contribution in [0.3, 0.4) is 0 Å². The van der Waals surface area contributed by atoms with Gasteiger partial charge in [0.2, 0.25) is 0 Å².